The standard InChI is InChI=1S/C19H18N2O3S/c22-18-8-4-5-12-21(18)14-15-9-10-17(24-15)19(23)20-11-13-25-16-6-2-1-3-7-16/h1-10,12H,11,13-14H2,(H,20,23). The Balaban J connectivity index is 1.49. The van der Waals surface area contributed by atoms with E-state index >= 15 is 0 Å². The third-order valence-electron chi connectivity index (χ3n) is 3.51. The van der Waals surface area contributed by atoms with Crippen LogP contribution in [0.3, 0.4) is 0 Å². The second kappa shape index (κ2) is 8.39. The molecule has 0 saturated heterocycles. The summed E-state index contributed by atoms with van der Waals surface area (Å²) in [6.07, 6.45) is 1.69. The van der Waals surface area contributed by atoms with Crippen LogP contribution >= 0.6 is 11.8 Å². The van der Waals surface area contributed by atoms with Crippen LogP contribution in [0.5, 0.6) is 0 Å². The molecule has 0 radical (unpaired) electrons. The van der Waals surface area contributed by atoms with E-state index in [1.807, 2.05) is 30.3 Å². The Bertz CT molecular complexity index is 887. The fourth-order valence-electron chi connectivity index (χ4n) is 2.28. The molecule has 0 unspecified atom stereocenters. The van der Waals surface area contributed by atoms with Gasteiger partial charge in [0.25, 0.3) is 11.5 Å². The number of pyridine rings is 1. The van der Waals surface area contributed by atoms with Crippen LogP contribution in [0.15, 0.2) is 81.0 Å². The lowest BCUT2D eigenvalue weighted by Gasteiger charge is -2.04. The van der Waals surface area contributed by atoms with E-state index in [1.165, 1.54) is 15.5 Å². The molecule has 0 aliphatic rings. The largest absolute Gasteiger partial charge is 0.454 e. The first kappa shape index (κ1) is 17.1. The van der Waals surface area contributed by atoms with Crippen molar-refractivity contribution in [2.75, 3.05) is 12.3 Å². The Kier molecular flexibility index (Phi) is 5.74. The van der Waals surface area contributed by atoms with Crippen LogP contribution in [0.25, 0.3) is 0 Å². The number of rotatable bonds is 7. The molecule has 3 rings (SSSR count). The van der Waals surface area contributed by atoms with Gasteiger partial charge in [0.15, 0.2) is 5.76 Å². The summed E-state index contributed by atoms with van der Waals surface area (Å²) in [5.41, 5.74) is -0.108. The smallest absolute Gasteiger partial charge is 0.287 e. The number of carbonyl (C=O) groups is 1. The molecular formula is C19H18N2O3S. The van der Waals surface area contributed by atoms with Crippen LogP contribution in [0.4, 0.5) is 0 Å². The molecule has 1 N–H and O–H groups in total. The molecule has 0 bridgehead atoms. The molecule has 128 valence electrons. The van der Waals surface area contributed by atoms with Crippen LogP contribution in [0.1, 0.15) is 16.3 Å². The van der Waals surface area contributed by atoms with Crippen molar-refractivity contribution >= 4 is 17.7 Å². The molecule has 25 heavy (non-hydrogen) atoms. The third-order valence-corrected chi connectivity index (χ3v) is 4.52. The molecule has 3 aromatic rings. The molecule has 1 aromatic carbocycles. The lowest BCUT2D eigenvalue weighted by Crippen LogP contribution is -2.25. The molecule has 0 saturated carbocycles. The highest BCUT2D eigenvalue weighted by Gasteiger charge is 2.11. The summed E-state index contributed by atoms with van der Waals surface area (Å²) in [4.78, 5) is 25.0. The van der Waals surface area contributed by atoms with Crippen molar-refractivity contribution < 1.29 is 9.21 Å². The van der Waals surface area contributed by atoms with Gasteiger partial charge in [-0.15, -0.1) is 11.8 Å². The van der Waals surface area contributed by atoms with Gasteiger partial charge in [-0.25, -0.2) is 0 Å². The number of benzene rings is 1. The van der Waals surface area contributed by atoms with Gasteiger partial charge in [-0.1, -0.05) is 24.3 Å². The summed E-state index contributed by atoms with van der Waals surface area (Å²) in [5.74, 6) is 1.35. The highest BCUT2D eigenvalue weighted by Crippen LogP contribution is 2.16. The van der Waals surface area contributed by atoms with Crippen LogP contribution in [0, 0.1) is 0 Å². The minimum absolute atomic E-state index is 0.108. The average molecular weight is 354 g/mol. The molecule has 2 heterocycles. The highest BCUT2D eigenvalue weighted by atomic mass is 32.2. The van der Waals surface area contributed by atoms with Crippen molar-refractivity contribution in [2.24, 2.45) is 0 Å². The number of amides is 1. The Morgan fingerprint density at radius 3 is 2.64 bits per heavy atom. The maximum atomic E-state index is 12.1. The first-order valence-electron chi connectivity index (χ1n) is 7.92. The zero-order chi connectivity index (χ0) is 17.5. The van der Waals surface area contributed by atoms with Gasteiger partial charge in [0, 0.05) is 29.5 Å². The molecule has 0 aliphatic heterocycles. The summed E-state index contributed by atoms with van der Waals surface area (Å²) in [6, 6.07) is 18.3. The molecule has 0 fully saturated rings. The fraction of sp³-hybridized carbons (Fsp3) is 0.158. The average Bonchev–Trinajstić information content (AvgIpc) is 3.10. The number of carbonyl (C=O) groups excluding carboxylic acids is 1. The van der Waals surface area contributed by atoms with Crippen molar-refractivity contribution in [1.29, 1.82) is 0 Å². The van der Waals surface area contributed by atoms with Gasteiger partial charge < -0.3 is 14.3 Å². The van der Waals surface area contributed by atoms with E-state index in [0.717, 1.165) is 5.75 Å². The van der Waals surface area contributed by atoms with Gasteiger partial charge in [0.2, 0.25) is 0 Å². The van der Waals surface area contributed by atoms with Crippen molar-refractivity contribution in [3.05, 3.63) is 88.7 Å². The Morgan fingerprint density at radius 2 is 1.84 bits per heavy atom. The third kappa shape index (κ3) is 4.87. The summed E-state index contributed by atoms with van der Waals surface area (Å²) in [7, 11) is 0. The minimum Gasteiger partial charge on any atom is -0.454 e. The van der Waals surface area contributed by atoms with Crippen LogP contribution in [-0.2, 0) is 6.54 Å². The van der Waals surface area contributed by atoms with Crippen molar-refractivity contribution in [3.63, 3.8) is 0 Å². The second-order valence-corrected chi connectivity index (χ2v) is 6.52. The van der Waals surface area contributed by atoms with E-state index in [0.29, 0.717) is 18.8 Å². The van der Waals surface area contributed by atoms with E-state index in [9.17, 15) is 9.59 Å². The lowest BCUT2D eigenvalue weighted by atomic mass is 10.4. The molecule has 1 amide bonds. The van der Waals surface area contributed by atoms with Gasteiger partial charge in [-0.3, -0.25) is 9.59 Å². The van der Waals surface area contributed by atoms with E-state index < -0.39 is 0 Å². The zero-order valence-corrected chi connectivity index (χ0v) is 14.4. The monoisotopic (exact) mass is 354 g/mol. The molecule has 2 aromatic heterocycles. The molecule has 0 atom stereocenters. The van der Waals surface area contributed by atoms with Crippen molar-refractivity contribution in [2.45, 2.75) is 11.4 Å². The highest BCUT2D eigenvalue weighted by molar-refractivity contribution is 7.99. The van der Waals surface area contributed by atoms with Crippen LogP contribution in [0.2, 0.25) is 0 Å². The molecule has 5 nitrogen and oxygen atoms in total. The molecule has 0 spiro atoms. The SMILES string of the molecule is O=C(NCCSc1ccccc1)c1ccc(Cn2ccccc2=O)o1. The molecule has 6 heteroatoms. The fourth-order valence-corrected chi connectivity index (χ4v) is 3.07. The predicted molar refractivity (Wildman–Crippen MR) is 98.0 cm³/mol. The van der Waals surface area contributed by atoms with Crippen molar-refractivity contribution in [3.8, 4) is 0 Å². The van der Waals surface area contributed by atoms with Gasteiger partial charge in [-0.05, 0) is 30.3 Å². The number of hydrogen-bond acceptors (Lipinski definition) is 4. The predicted octanol–water partition coefficient (Wildman–Crippen LogP) is 3.01. The van der Waals surface area contributed by atoms with Gasteiger partial charge in [0.05, 0.1) is 6.54 Å². The van der Waals surface area contributed by atoms with E-state index in [-0.39, 0.29) is 17.2 Å². The number of nitrogens with one attached hydrogen (secondary N) is 1. The maximum Gasteiger partial charge on any atom is 0.287 e. The minimum atomic E-state index is -0.250. The Morgan fingerprint density at radius 1 is 1.04 bits per heavy atom. The number of hydrogen-bond donors (Lipinski definition) is 1. The first-order chi connectivity index (χ1) is 12.2. The number of aromatic nitrogens is 1. The van der Waals surface area contributed by atoms with Crippen LogP contribution in [-0.4, -0.2) is 22.8 Å². The van der Waals surface area contributed by atoms with Gasteiger partial charge in [-0.2, -0.15) is 0 Å². The topological polar surface area (TPSA) is 64.2 Å². The van der Waals surface area contributed by atoms with Crippen LogP contribution < -0.4 is 10.9 Å². The molecule has 0 aliphatic carbocycles. The number of thioether (sulfide) groups is 1. The second-order valence-electron chi connectivity index (χ2n) is 5.35. The summed E-state index contributed by atoms with van der Waals surface area (Å²) in [5, 5.41) is 2.84. The maximum absolute atomic E-state index is 12.1. The zero-order valence-electron chi connectivity index (χ0n) is 13.6. The Hall–Kier alpha value is -2.73. The first-order valence-corrected chi connectivity index (χ1v) is 8.91. The van der Waals surface area contributed by atoms with Gasteiger partial charge in [0.1, 0.15) is 5.76 Å². The normalized spacial score (nSPS) is 10.6. The lowest BCUT2D eigenvalue weighted by molar-refractivity contribution is 0.0926. The summed E-state index contributed by atoms with van der Waals surface area (Å²) in [6.45, 7) is 0.851. The summed E-state index contributed by atoms with van der Waals surface area (Å²) < 4.78 is 7.07. The summed E-state index contributed by atoms with van der Waals surface area (Å²) >= 11 is 1.68. The Labute approximate surface area is 149 Å². The quantitative estimate of drug-likeness (QED) is 0.523. The van der Waals surface area contributed by atoms with Gasteiger partial charge >= 0.3 is 0 Å². The van der Waals surface area contributed by atoms with E-state index in [4.69, 9.17) is 4.42 Å². The molecular weight excluding hydrogens is 336 g/mol. The number of furan rings is 1. The van der Waals surface area contributed by atoms with E-state index in [1.54, 1.807) is 42.2 Å². The van der Waals surface area contributed by atoms with Crippen molar-refractivity contribution in [1.82, 2.24) is 9.88 Å². The van der Waals surface area contributed by atoms with E-state index in [2.05, 4.69) is 5.32 Å². The number of nitrogens with zero attached hydrogens (tertiary/aromatic N) is 1.